The van der Waals surface area contributed by atoms with Crippen molar-refractivity contribution in [1.29, 1.82) is 5.26 Å². The monoisotopic (exact) mass is 243 g/mol. The van der Waals surface area contributed by atoms with Crippen molar-refractivity contribution in [2.45, 2.75) is 26.7 Å². The molecule has 2 unspecified atom stereocenters. The summed E-state index contributed by atoms with van der Waals surface area (Å²) in [5.41, 5.74) is 8.76. The van der Waals surface area contributed by atoms with Gasteiger partial charge >= 0.3 is 0 Å². The maximum Gasteiger partial charge on any atom is 0.0670 e. The van der Waals surface area contributed by atoms with Gasteiger partial charge in [0.2, 0.25) is 0 Å². The number of benzene rings is 1. The first-order valence-electron chi connectivity index (χ1n) is 6.60. The summed E-state index contributed by atoms with van der Waals surface area (Å²) in [6.45, 7) is 6.80. The summed E-state index contributed by atoms with van der Waals surface area (Å²) in [6.07, 6.45) is 1.69. The highest BCUT2D eigenvalue weighted by molar-refractivity contribution is 5.59. The molecule has 0 aromatic heterocycles. The van der Waals surface area contributed by atoms with E-state index in [-0.39, 0.29) is 0 Å². The summed E-state index contributed by atoms with van der Waals surface area (Å²) in [5, 5.41) is 8.81. The topological polar surface area (TPSA) is 53.0 Å². The molecule has 3 heteroatoms. The van der Waals surface area contributed by atoms with E-state index in [1.807, 2.05) is 6.07 Å². The molecule has 1 fully saturated rings. The Labute approximate surface area is 109 Å². The first kappa shape index (κ1) is 12.8. The van der Waals surface area contributed by atoms with Crippen molar-refractivity contribution in [1.82, 2.24) is 0 Å². The Balaban J connectivity index is 2.22. The lowest BCUT2D eigenvalue weighted by atomic mass is 9.91. The van der Waals surface area contributed by atoms with Crippen molar-refractivity contribution in [3.63, 3.8) is 0 Å². The predicted molar refractivity (Wildman–Crippen MR) is 75.3 cm³/mol. The fourth-order valence-corrected chi connectivity index (χ4v) is 2.90. The van der Waals surface area contributed by atoms with Crippen molar-refractivity contribution < 1.29 is 0 Å². The molecule has 2 rings (SSSR count). The van der Waals surface area contributed by atoms with Gasteiger partial charge in [0.25, 0.3) is 0 Å². The third-order valence-corrected chi connectivity index (χ3v) is 3.63. The fourth-order valence-electron chi connectivity index (χ4n) is 2.90. The van der Waals surface area contributed by atoms with Crippen LogP contribution in [0, 0.1) is 23.2 Å². The molecule has 0 saturated carbocycles. The predicted octanol–water partition coefficient (Wildman–Crippen LogP) is 2.82. The number of rotatable bonds is 2. The Morgan fingerprint density at radius 3 is 2.61 bits per heavy atom. The van der Waals surface area contributed by atoms with Crippen LogP contribution in [0.4, 0.5) is 11.4 Å². The van der Waals surface area contributed by atoms with Gasteiger partial charge in [-0.25, -0.2) is 0 Å². The maximum atomic E-state index is 8.81. The summed E-state index contributed by atoms with van der Waals surface area (Å²) in [5.74, 6) is 1.46. The number of nitriles is 1. The van der Waals surface area contributed by atoms with Gasteiger partial charge in [-0.05, 0) is 42.0 Å². The molecule has 96 valence electrons. The smallest absolute Gasteiger partial charge is 0.0670 e. The average Bonchev–Trinajstić information content (AvgIpc) is 2.31. The minimum absolute atomic E-state index is 0.388. The molecular weight excluding hydrogens is 222 g/mol. The van der Waals surface area contributed by atoms with Gasteiger partial charge in [-0.1, -0.05) is 13.8 Å². The zero-order valence-electron chi connectivity index (χ0n) is 11.2. The summed E-state index contributed by atoms with van der Waals surface area (Å²) < 4.78 is 0. The standard InChI is InChI=1S/C15H21N3/c1-11-7-12(2)10-18(9-11)14-3-4-15(17)13(8-14)5-6-16/h3-4,8,11-12H,5,7,9-10,17H2,1-2H3. The van der Waals surface area contributed by atoms with Crippen molar-refractivity contribution in [2.24, 2.45) is 11.8 Å². The van der Waals surface area contributed by atoms with E-state index in [9.17, 15) is 0 Å². The third-order valence-electron chi connectivity index (χ3n) is 3.63. The minimum Gasteiger partial charge on any atom is -0.398 e. The van der Waals surface area contributed by atoms with Gasteiger partial charge in [0.15, 0.2) is 0 Å². The molecule has 0 bridgehead atoms. The SMILES string of the molecule is CC1CC(C)CN(c2ccc(N)c(CC#N)c2)C1. The molecule has 3 nitrogen and oxygen atoms in total. The molecule has 0 spiro atoms. The van der Waals surface area contributed by atoms with Crippen molar-refractivity contribution >= 4 is 11.4 Å². The zero-order valence-corrected chi connectivity index (χ0v) is 11.2. The Bertz CT molecular complexity index is 451. The van der Waals surface area contributed by atoms with Crippen molar-refractivity contribution in [3.8, 4) is 6.07 Å². The average molecular weight is 243 g/mol. The Morgan fingerprint density at radius 1 is 1.33 bits per heavy atom. The molecular formula is C15H21N3. The molecule has 0 radical (unpaired) electrons. The van der Waals surface area contributed by atoms with Gasteiger partial charge in [0, 0.05) is 24.5 Å². The maximum absolute atomic E-state index is 8.81. The first-order chi connectivity index (χ1) is 8.60. The van der Waals surface area contributed by atoms with Crippen LogP contribution in [-0.4, -0.2) is 13.1 Å². The van der Waals surface area contributed by atoms with Crippen molar-refractivity contribution in [2.75, 3.05) is 23.7 Å². The molecule has 1 aromatic carbocycles. The molecule has 1 aliphatic heterocycles. The van der Waals surface area contributed by atoms with Gasteiger partial charge in [-0.15, -0.1) is 0 Å². The normalized spacial score (nSPS) is 23.7. The number of nitrogen functional groups attached to an aromatic ring is 1. The van der Waals surface area contributed by atoms with E-state index >= 15 is 0 Å². The molecule has 18 heavy (non-hydrogen) atoms. The lowest BCUT2D eigenvalue weighted by Gasteiger charge is -2.36. The second-order valence-electron chi connectivity index (χ2n) is 5.57. The van der Waals surface area contributed by atoms with Gasteiger partial charge in [-0.2, -0.15) is 5.26 Å². The first-order valence-corrected chi connectivity index (χ1v) is 6.60. The number of piperidine rings is 1. The van der Waals surface area contributed by atoms with Crippen LogP contribution >= 0.6 is 0 Å². The molecule has 2 atom stereocenters. The van der Waals surface area contributed by atoms with E-state index in [1.54, 1.807) is 0 Å². The van der Waals surface area contributed by atoms with E-state index in [1.165, 1.54) is 12.1 Å². The Hall–Kier alpha value is -1.69. The van der Waals surface area contributed by atoms with Crippen LogP contribution in [0.5, 0.6) is 0 Å². The van der Waals surface area contributed by atoms with Crippen LogP contribution in [0.2, 0.25) is 0 Å². The number of hydrogen-bond donors (Lipinski definition) is 1. The molecule has 1 saturated heterocycles. The number of hydrogen-bond acceptors (Lipinski definition) is 3. The van der Waals surface area contributed by atoms with Gasteiger partial charge < -0.3 is 10.6 Å². The highest BCUT2D eigenvalue weighted by Crippen LogP contribution is 2.28. The van der Waals surface area contributed by atoms with E-state index in [0.29, 0.717) is 6.42 Å². The van der Waals surface area contributed by atoms with Crippen LogP contribution < -0.4 is 10.6 Å². The molecule has 2 N–H and O–H groups in total. The Morgan fingerprint density at radius 2 is 2.00 bits per heavy atom. The van der Waals surface area contributed by atoms with Crippen LogP contribution in [-0.2, 0) is 6.42 Å². The second-order valence-corrected chi connectivity index (χ2v) is 5.57. The quantitative estimate of drug-likeness (QED) is 0.813. The van der Waals surface area contributed by atoms with Crippen molar-refractivity contribution in [3.05, 3.63) is 23.8 Å². The van der Waals surface area contributed by atoms with Gasteiger partial charge in [0.1, 0.15) is 0 Å². The number of nitrogens with zero attached hydrogens (tertiary/aromatic N) is 2. The molecule has 0 aliphatic carbocycles. The van der Waals surface area contributed by atoms with Gasteiger partial charge in [-0.3, -0.25) is 0 Å². The summed E-state index contributed by atoms with van der Waals surface area (Å²) in [4.78, 5) is 2.42. The minimum atomic E-state index is 0.388. The van der Waals surface area contributed by atoms with Crippen LogP contribution in [0.25, 0.3) is 0 Å². The van der Waals surface area contributed by atoms with Crippen LogP contribution in [0.15, 0.2) is 18.2 Å². The summed E-state index contributed by atoms with van der Waals surface area (Å²) in [7, 11) is 0. The van der Waals surface area contributed by atoms with Crippen LogP contribution in [0.3, 0.4) is 0 Å². The highest BCUT2D eigenvalue weighted by Gasteiger charge is 2.22. The zero-order chi connectivity index (χ0) is 13.1. The third kappa shape index (κ3) is 2.76. The lowest BCUT2D eigenvalue weighted by molar-refractivity contribution is 0.357. The fraction of sp³-hybridized carbons (Fsp3) is 0.533. The molecule has 1 heterocycles. The molecule has 1 aromatic rings. The van der Waals surface area contributed by atoms with E-state index in [4.69, 9.17) is 11.0 Å². The highest BCUT2D eigenvalue weighted by atomic mass is 15.1. The second kappa shape index (κ2) is 5.30. The van der Waals surface area contributed by atoms with E-state index in [2.05, 4.69) is 36.9 Å². The van der Waals surface area contributed by atoms with E-state index in [0.717, 1.165) is 36.2 Å². The number of nitrogens with two attached hydrogens (primary N) is 1. The van der Waals surface area contributed by atoms with Gasteiger partial charge in [0.05, 0.1) is 12.5 Å². The summed E-state index contributed by atoms with van der Waals surface area (Å²) >= 11 is 0. The summed E-state index contributed by atoms with van der Waals surface area (Å²) in [6, 6.07) is 8.24. The number of anilines is 2. The van der Waals surface area contributed by atoms with Crippen LogP contribution in [0.1, 0.15) is 25.8 Å². The lowest BCUT2D eigenvalue weighted by Crippen LogP contribution is -2.38. The van der Waals surface area contributed by atoms with E-state index < -0.39 is 0 Å². The Kier molecular flexibility index (Phi) is 3.76. The molecule has 0 amide bonds. The molecule has 1 aliphatic rings. The largest absolute Gasteiger partial charge is 0.398 e.